The normalized spacial score (nSPS) is 11.5. The molecule has 1 heterocycles. The van der Waals surface area contributed by atoms with Crippen LogP contribution in [0.15, 0.2) is 47.4 Å². The molecule has 6 nitrogen and oxygen atoms in total. The molecule has 22 heavy (non-hydrogen) atoms. The van der Waals surface area contributed by atoms with Crippen LogP contribution in [0.2, 0.25) is 0 Å². The Morgan fingerprint density at radius 3 is 2.59 bits per heavy atom. The highest BCUT2D eigenvalue weighted by atomic mass is 32.2. The zero-order valence-corrected chi connectivity index (χ0v) is 13.3. The molecular weight excluding hydrogens is 320 g/mol. The van der Waals surface area contributed by atoms with E-state index in [-0.39, 0.29) is 4.90 Å². The molecule has 0 spiro atoms. The first-order chi connectivity index (χ1) is 10.5. The summed E-state index contributed by atoms with van der Waals surface area (Å²) in [5, 5.41) is 0.584. The molecule has 0 amide bonds. The molecule has 0 bridgehead atoms. The van der Waals surface area contributed by atoms with Gasteiger partial charge in [-0.15, -0.1) is 0 Å². The van der Waals surface area contributed by atoms with E-state index in [0.29, 0.717) is 10.8 Å². The Morgan fingerprint density at radius 2 is 1.91 bits per heavy atom. The van der Waals surface area contributed by atoms with Crippen LogP contribution in [-0.2, 0) is 10.0 Å². The van der Waals surface area contributed by atoms with Crippen LogP contribution < -0.4 is 16.0 Å². The number of anilines is 2. The van der Waals surface area contributed by atoms with E-state index >= 15 is 0 Å². The van der Waals surface area contributed by atoms with Gasteiger partial charge in [-0.1, -0.05) is 29.5 Å². The highest BCUT2D eigenvalue weighted by molar-refractivity contribution is 7.92. The van der Waals surface area contributed by atoms with Crippen LogP contribution in [0.3, 0.4) is 0 Å². The lowest BCUT2D eigenvalue weighted by Gasteiger charge is -2.09. The van der Waals surface area contributed by atoms with E-state index in [2.05, 4.69) is 15.1 Å². The van der Waals surface area contributed by atoms with Crippen LogP contribution in [0.25, 0.3) is 10.2 Å². The van der Waals surface area contributed by atoms with Crippen molar-refractivity contribution in [1.82, 2.24) is 4.98 Å². The quantitative estimate of drug-likeness (QED) is 0.503. The predicted molar refractivity (Wildman–Crippen MR) is 89.4 cm³/mol. The van der Waals surface area contributed by atoms with Gasteiger partial charge in [-0.25, -0.2) is 19.2 Å². The Hall–Kier alpha value is -2.16. The summed E-state index contributed by atoms with van der Waals surface area (Å²) in [7, 11) is -3.60. The average molecular weight is 334 g/mol. The van der Waals surface area contributed by atoms with Crippen molar-refractivity contribution in [3.63, 3.8) is 0 Å². The molecule has 4 N–H and O–H groups in total. The van der Waals surface area contributed by atoms with Gasteiger partial charge in [-0.2, -0.15) is 0 Å². The molecule has 8 heteroatoms. The number of nitrogens with two attached hydrogens (primary N) is 1. The molecule has 0 fully saturated rings. The van der Waals surface area contributed by atoms with Gasteiger partial charge >= 0.3 is 0 Å². The van der Waals surface area contributed by atoms with E-state index in [0.717, 1.165) is 15.8 Å². The number of benzene rings is 2. The van der Waals surface area contributed by atoms with E-state index in [1.54, 1.807) is 42.5 Å². The van der Waals surface area contributed by atoms with Gasteiger partial charge in [0.25, 0.3) is 10.0 Å². The number of hydrogen-bond acceptors (Lipinski definition) is 6. The summed E-state index contributed by atoms with van der Waals surface area (Å²) in [6, 6.07) is 11.8. The number of thiazole rings is 1. The largest absolute Gasteiger partial charge is 0.300 e. The Bertz CT molecular complexity index is 921. The van der Waals surface area contributed by atoms with Gasteiger partial charge in [0.15, 0.2) is 5.13 Å². The Morgan fingerprint density at radius 1 is 1.18 bits per heavy atom. The van der Waals surface area contributed by atoms with E-state index in [1.807, 2.05) is 6.92 Å². The summed E-state index contributed by atoms with van der Waals surface area (Å²) in [5.41, 5.74) is 4.69. The SMILES string of the molecule is Cc1cc(NS(=O)(=O)c2ccccc2)cc2sc(NN)nc12. The number of nitrogen functional groups attached to an aromatic ring is 1. The predicted octanol–water partition coefficient (Wildman–Crippen LogP) is 2.69. The van der Waals surface area contributed by atoms with Gasteiger partial charge < -0.3 is 0 Å². The van der Waals surface area contributed by atoms with E-state index in [4.69, 9.17) is 5.84 Å². The topological polar surface area (TPSA) is 97.1 Å². The van der Waals surface area contributed by atoms with Crippen LogP contribution in [0.5, 0.6) is 0 Å². The first-order valence-corrected chi connectivity index (χ1v) is 8.75. The number of aromatic nitrogens is 1. The minimum Gasteiger partial charge on any atom is -0.300 e. The van der Waals surface area contributed by atoms with E-state index in [9.17, 15) is 8.42 Å². The van der Waals surface area contributed by atoms with Gasteiger partial charge in [0.1, 0.15) is 0 Å². The molecule has 0 saturated heterocycles. The van der Waals surface area contributed by atoms with Crippen LogP contribution in [0.4, 0.5) is 10.8 Å². The summed E-state index contributed by atoms with van der Waals surface area (Å²) < 4.78 is 28.2. The molecule has 1 aromatic heterocycles. The zero-order chi connectivity index (χ0) is 15.7. The molecule has 0 radical (unpaired) electrons. The summed E-state index contributed by atoms with van der Waals surface area (Å²) in [6.07, 6.45) is 0. The average Bonchev–Trinajstić information content (AvgIpc) is 2.91. The van der Waals surface area contributed by atoms with Crippen molar-refractivity contribution in [3.8, 4) is 0 Å². The third kappa shape index (κ3) is 2.76. The lowest BCUT2D eigenvalue weighted by atomic mass is 10.2. The molecule has 0 unspecified atom stereocenters. The Labute approximate surface area is 132 Å². The molecular formula is C14H14N4O2S2. The molecule has 3 rings (SSSR count). The van der Waals surface area contributed by atoms with E-state index < -0.39 is 10.0 Å². The smallest absolute Gasteiger partial charge is 0.261 e. The first kappa shape index (κ1) is 14.8. The summed E-state index contributed by atoms with van der Waals surface area (Å²) >= 11 is 1.37. The lowest BCUT2D eigenvalue weighted by Crippen LogP contribution is -2.12. The minimum atomic E-state index is -3.60. The summed E-state index contributed by atoms with van der Waals surface area (Å²) in [5.74, 6) is 5.37. The van der Waals surface area contributed by atoms with Crippen LogP contribution in [-0.4, -0.2) is 13.4 Å². The fraction of sp³-hybridized carbons (Fsp3) is 0.0714. The van der Waals surface area contributed by atoms with Crippen molar-refractivity contribution in [2.45, 2.75) is 11.8 Å². The molecule has 114 valence electrons. The number of aryl methyl sites for hydroxylation is 1. The number of nitrogens with one attached hydrogen (secondary N) is 2. The van der Waals surface area contributed by atoms with Gasteiger partial charge in [-0.3, -0.25) is 10.1 Å². The monoisotopic (exact) mass is 334 g/mol. The third-order valence-corrected chi connectivity index (χ3v) is 5.45. The number of fused-ring (bicyclic) bond motifs is 1. The standard InChI is InChI=1S/C14H14N4O2S2/c1-9-7-10(8-12-13(9)16-14(17-15)21-12)18-22(19,20)11-5-3-2-4-6-11/h2-8,18H,15H2,1H3,(H,16,17). The second kappa shape index (κ2) is 5.56. The highest BCUT2D eigenvalue weighted by Gasteiger charge is 2.15. The molecule has 0 atom stereocenters. The summed E-state index contributed by atoms with van der Waals surface area (Å²) in [6.45, 7) is 1.88. The number of sulfonamides is 1. The zero-order valence-electron chi connectivity index (χ0n) is 11.7. The second-order valence-electron chi connectivity index (χ2n) is 4.72. The van der Waals surface area contributed by atoms with Crippen molar-refractivity contribution in [1.29, 1.82) is 0 Å². The van der Waals surface area contributed by atoms with Crippen molar-refractivity contribution < 1.29 is 8.42 Å². The second-order valence-corrected chi connectivity index (χ2v) is 7.43. The van der Waals surface area contributed by atoms with Crippen molar-refractivity contribution in [3.05, 3.63) is 48.0 Å². The maximum absolute atomic E-state index is 12.4. The molecule has 0 aliphatic rings. The number of hydrazine groups is 1. The van der Waals surface area contributed by atoms with Gasteiger partial charge in [0, 0.05) is 0 Å². The third-order valence-electron chi connectivity index (χ3n) is 3.11. The lowest BCUT2D eigenvalue weighted by molar-refractivity contribution is 0.601. The number of nitrogens with zero attached hydrogens (tertiary/aromatic N) is 1. The van der Waals surface area contributed by atoms with Gasteiger partial charge in [0.2, 0.25) is 0 Å². The van der Waals surface area contributed by atoms with Crippen molar-refractivity contribution >= 4 is 42.4 Å². The molecule has 3 aromatic rings. The van der Waals surface area contributed by atoms with Crippen LogP contribution in [0.1, 0.15) is 5.56 Å². The fourth-order valence-electron chi connectivity index (χ4n) is 2.13. The van der Waals surface area contributed by atoms with Crippen molar-refractivity contribution in [2.75, 3.05) is 10.1 Å². The Balaban J connectivity index is 2.01. The highest BCUT2D eigenvalue weighted by Crippen LogP contribution is 2.31. The summed E-state index contributed by atoms with van der Waals surface area (Å²) in [4.78, 5) is 4.56. The van der Waals surface area contributed by atoms with E-state index in [1.165, 1.54) is 11.3 Å². The Kier molecular flexibility index (Phi) is 3.73. The molecule has 2 aromatic carbocycles. The minimum absolute atomic E-state index is 0.223. The number of hydrogen-bond donors (Lipinski definition) is 3. The van der Waals surface area contributed by atoms with Crippen LogP contribution >= 0.6 is 11.3 Å². The number of rotatable bonds is 4. The van der Waals surface area contributed by atoms with Crippen molar-refractivity contribution in [2.24, 2.45) is 5.84 Å². The van der Waals surface area contributed by atoms with Gasteiger partial charge in [0.05, 0.1) is 20.8 Å². The maximum atomic E-state index is 12.4. The van der Waals surface area contributed by atoms with Crippen LogP contribution in [0, 0.1) is 6.92 Å². The maximum Gasteiger partial charge on any atom is 0.261 e. The van der Waals surface area contributed by atoms with Gasteiger partial charge in [-0.05, 0) is 36.8 Å². The molecule has 0 aliphatic carbocycles. The fourth-order valence-corrected chi connectivity index (χ4v) is 4.09. The molecule has 0 saturated carbocycles. The first-order valence-electron chi connectivity index (χ1n) is 6.45. The molecule has 0 aliphatic heterocycles.